The molecule has 1 saturated heterocycles. The van der Waals surface area contributed by atoms with Crippen LogP contribution in [0.25, 0.3) is 0 Å². The topological polar surface area (TPSA) is 195 Å². The maximum Gasteiger partial charge on any atom is 0.274 e. The fourth-order valence-electron chi connectivity index (χ4n) is 7.81. The summed E-state index contributed by atoms with van der Waals surface area (Å²) >= 11 is 6.09. The Balaban J connectivity index is 1.01. The van der Waals surface area contributed by atoms with Gasteiger partial charge in [0.25, 0.3) is 5.91 Å². The van der Waals surface area contributed by atoms with Crippen LogP contribution in [0, 0.1) is 0 Å². The Labute approximate surface area is 356 Å². The number of nitrogen functional groups attached to an aromatic ring is 2. The van der Waals surface area contributed by atoms with Gasteiger partial charge in [0, 0.05) is 77.4 Å². The van der Waals surface area contributed by atoms with Gasteiger partial charge in [-0.05, 0) is 61.1 Å². The fraction of sp³-hybridized carbons (Fsp3) is 0.432. The first-order valence-electron chi connectivity index (χ1n) is 20.6. The van der Waals surface area contributed by atoms with E-state index < -0.39 is 5.91 Å². The van der Waals surface area contributed by atoms with Gasteiger partial charge >= 0.3 is 0 Å². The molecule has 4 heterocycles. The lowest BCUT2D eigenvalue weighted by Gasteiger charge is -2.45. The number of hydrogen-bond donors (Lipinski definition) is 3. The number of piperidine rings is 1. The zero-order valence-corrected chi connectivity index (χ0v) is 35.3. The number of halogens is 1. The van der Waals surface area contributed by atoms with E-state index in [9.17, 15) is 14.4 Å². The van der Waals surface area contributed by atoms with Crippen molar-refractivity contribution in [1.29, 1.82) is 0 Å². The molecule has 5 aromatic rings. The van der Waals surface area contributed by atoms with Gasteiger partial charge < -0.3 is 39.9 Å². The van der Waals surface area contributed by atoms with Crippen molar-refractivity contribution in [3.05, 3.63) is 107 Å². The van der Waals surface area contributed by atoms with E-state index in [1.54, 1.807) is 12.4 Å². The van der Waals surface area contributed by atoms with E-state index in [0.717, 1.165) is 80.8 Å². The van der Waals surface area contributed by atoms with Crippen molar-refractivity contribution < 1.29 is 28.3 Å². The lowest BCUT2D eigenvalue weighted by molar-refractivity contribution is -0.933. The van der Waals surface area contributed by atoms with Crippen LogP contribution in [0.3, 0.4) is 0 Å². The van der Waals surface area contributed by atoms with Crippen LogP contribution in [-0.2, 0) is 49.4 Å². The predicted molar refractivity (Wildman–Crippen MR) is 230 cm³/mol. The number of ether oxygens (including phenoxy) is 2. The van der Waals surface area contributed by atoms with E-state index in [1.165, 1.54) is 11.1 Å². The number of aromatic nitrogens is 6. The molecule has 5 N–H and O–H groups in total. The SMILES string of the molecule is Cn1ccnc1CCC(=O)COc1ccc(CCC[N+]2(CCCc3ccc(OCC(=O)CCc4nccn4C)cc3)CCC[C@H](NC(=O)c3nc(Cl)c(N)nc3N)C2)cc1. The molecule has 0 unspecified atom stereocenters. The number of amides is 1. The highest BCUT2D eigenvalue weighted by Gasteiger charge is 2.35. The van der Waals surface area contributed by atoms with E-state index in [2.05, 4.69) is 49.5 Å². The quantitative estimate of drug-likeness (QED) is 0.0803. The van der Waals surface area contributed by atoms with Crippen molar-refractivity contribution in [1.82, 2.24) is 34.4 Å². The maximum atomic E-state index is 13.4. The molecule has 3 aromatic heterocycles. The molecule has 6 rings (SSSR count). The zero-order valence-electron chi connectivity index (χ0n) is 34.5. The number of likely N-dealkylation sites (tertiary alicyclic amines) is 1. The predicted octanol–water partition coefficient (Wildman–Crippen LogP) is 4.90. The normalized spacial score (nSPS) is 14.8. The van der Waals surface area contributed by atoms with Crippen molar-refractivity contribution in [2.24, 2.45) is 14.1 Å². The molecule has 1 amide bonds. The fourth-order valence-corrected chi connectivity index (χ4v) is 7.94. The average Bonchev–Trinajstić information content (AvgIpc) is 3.86. The van der Waals surface area contributed by atoms with Gasteiger partial charge in [-0.3, -0.25) is 14.4 Å². The molecule has 60 heavy (non-hydrogen) atoms. The summed E-state index contributed by atoms with van der Waals surface area (Å²) in [7, 11) is 3.84. The van der Waals surface area contributed by atoms with Gasteiger partial charge in [-0.15, -0.1) is 0 Å². The van der Waals surface area contributed by atoms with Crippen LogP contribution in [0.1, 0.15) is 71.8 Å². The summed E-state index contributed by atoms with van der Waals surface area (Å²) in [5.41, 5.74) is 14.1. The third-order valence-corrected chi connectivity index (χ3v) is 11.5. The van der Waals surface area contributed by atoms with E-state index in [0.29, 0.717) is 37.2 Å². The van der Waals surface area contributed by atoms with Gasteiger partial charge in [-0.2, -0.15) is 0 Å². The molecular weight excluding hydrogens is 784 g/mol. The second kappa shape index (κ2) is 20.9. The molecule has 16 heteroatoms. The number of nitrogens with two attached hydrogens (primary N) is 2. The van der Waals surface area contributed by atoms with Crippen LogP contribution in [0.5, 0.6) is 11.5 Å². The summed E-state index contributed by atoms with van der Waals surface area (Å²) in [6, 6.07) is 15.9. The first-order valence-corrected chi connectivity index (χ1v) is 21.0. The Morgan fingerprint density at radius 2 is 1.28 bits per heavy atom. The first kappa shape index (κ1) is 43.8. The Bertz CT molecular complexity index is 2100. The number of carbonyl (C=O) groups is 3. The smallest absolute Gasteiger partial charge is 0.274 e. The largest absolute Gasteiger partial charge is 0.486 e. The van der Waals surface area contributed by atoms with E-state index in [-0.39, 0.29) is 53.3 Å². The minimum Gasteiger partial charge on any atom is -0.486 e. The molecule has 1 atom stereocenters. The summed E-state index contributed by atoms with van der Waals surface area (Å²) in [5, 5.41) is 3.10. The number of imidazole rings is 2. The van der Waals surface area contributed by atoms with Crippen molar-refractivity contribution >= 4 is 40.7 Å². The standard InChI is InChI=1S/C44H55ClN10O5/c1-53-23-21-48-38(53)19-13-34(56)29-59-36-15-9-31(10-16-36)6-3-25-55(27-5-8-33(28-55)50-44(58)40-42(46)52-43(47)41(45)51-40)26-4-7-32-11-17-37(18-12-32)60-30-35(57)14-20-39-49-22-24-54(39)2/h9-12,15-18,21-24,33H,3-8,13-14,19-20,25-30H2,1-2H3,(H4-,46,47,50,52,58)/p+1/t33-/m0/s1. The number of ketones is 2. The summed E-state index contributed by atoms with van der Waals surface area (Å²) in [4.78, 5) is 54.9. The third kappa shape index (κ3) is 12.6. The molecule has 15 nitrogen and oxygen atoms in total. The molecule has 0 radical (unpaired) electrons. The van der Waals surface area contributed by atoms with Gasteiger partial charge in [0.1, 0.15) is 36.4 Å². The average molecular weight is 840 g/mol. The van der Waals surface area contributed by atoms with Crippen LogP contribution < -0.4 is 26.3 Å². The molecule has 0 spiro atoms. The molecule has 1 aliphatic heterocycles. The van der Waals surface area contributed by atoms with Crippen molar-refractivity contribution in [3.63, 3.8) is 0 Å². The number of benzene rings is 2. The number of nitrogens with one attached hydrogen (secondary N) is 1. The second-order valence-electron chi connectivity index (χ2n) is 15.7. The Morgan fingerprint density at radius 3 is 1.77 bits per heavy atom. The van der Waals surface area contributed by atoms with Crippen LogP contribution in [0.15, 0.2) is 73.3 Å². The monoisotopic (exact) mass is 839 g/mol. The van der Waals surface area contributed by atoms with Crippen LogP contribution >= 0.6 is 11.6 Å². The third-order valence-electron chi connectivity index (χ3n) is 11.2. The second-order valence-corrected chi connectivity index (χ2v) is 16.1. The lowest BCUT2D eigenvalue weighted by atomic mass is 9.99. The minimum absolute atomic E-state index is 0.0199. The zero-order chi connectivity index (χ0) is 42.5. The number of rotatable bonds is 22. The van der Waals surface area contributed by atoms with Crippen molar-refractivity contribution in [3.8, 4) is 11.5 Å². The Kier molecular flexibility index (Phi) is 15.3. The molecule has 0 saturated carbocycles. The molecule has 2 aromatic carbocycles. The van der Waals surface area contributed by atoms with Crippen molar-refractivity contribution in [2.45, 2.75) is 70.3 Å². The van der Waals surface area contributed by atoms with E-state index >= 15 is 0 Å². The van der Waals surface area contributed by atoms with Crippen LogP contribution in [0.4, 0.5) is 11.6 Å². The molecule has 0 aliphatic carbocycles. The van der Waals surface area contributed by atoms with Crippen LogP contribution in [-0.4, -0.2) is 96.5 Å². The number of quaternary nitrogens is 1. The number of Topliss-reactive ketones (excluding diaryl/α,β-unsaturated/α-hetero) is 2. The van der Waals surface area contributed by atoms with Gasteiger partial charge in [-0.25, -0.2) is 19.9 Å². The number of nitrogens with zero attached hydrogens (tertiary/aromatic N) is 7. The van der Waals surface area contributed by atoms with Crippen molar-refractivity contribution in [2.75, 3.05) is 50.9 Å². The molecular formula is C44H56ClN10O5+. The minimum atomic E-state index is -0.416. The van der Waals surface area contributed by atoms with Gasteiger partial charge in [-0.1, -0.05) is 35.9 Å². The molecule has 1 fully saturated rings. The molecule has 0 bridgehead atoms. The summed E-state index contributed by atoms with van der Waals surface area (Å²) in [6.07, 6.45) is 14.6. The summed E-state index contributed by atoms with van der Waals surface area (Å²) in [5.74, 6) is 2.65. The number of aryl methyl sites for hydroxylation is 6. The highest BCUT2D eigenvalue weighted by Crippen LogP contribution is 2.25. The van der Waals surface area contributed by atoms with Gasteiger partial charge in [0.05, 0.1) is 32.2 Å². The Hall–Kier alpha value is -5.80. The summed E-state index contributed by atoms with van der Waals surface area (Å²) in [6.45, 7) is 3.70. The first-order chi connectivity index (χ1) is 28.9. The Morgan fingerprint density at radius 1 is 0.767 bits per heavy atom. The number of hydrogen-bond acceptors (Lipinski definition) is 11. The molecule has 1 aliphatic rings. The van der Waals surface area contributed by atoms with E-state index in [4.69, 9.17) is 32.5 Å². The maximum absolute atomic E-state index is 13.4. The summed E-state index contributed by atoms with van der Waals surface area (Å²) < 4.78 is 16.3. The van der Waals surface area contributed by atoms with E-state index in [1.807, 2.05) is 59.9 Å². The van der Waals surface area contributed by atoms with Gasteiger partial charge in [0.15, 0.2) is 34.0 Å². The lowest BCUT2D eigenvalue weighted by Crippen LogP contribution is -2.60. The highest BCUT2D eigenvalue weighted by molar-refractivity contribution is 6.31. The molecule has 318 valence electrons. The van der Waals surface area contributed by atoms with Gasteiger partial charge in [0.2, 0.25) is 0 Å². The highest BCUT2D eigenvalue weighted by atomic mass is 35.5. The van der Waals surface area contributed by atoms with Crippen LogP contribution in [0.2, 0.25) is 5.15 Å². The number of carbonyl (C=O) groups excluding carboxylic acids is 3. The number of anilines is 2.